The molecule has 21 heavy (non-hydrogen) atoms. The SMILES string of the molecule is O=C(NC(c1cccc(C(F)(F)F)c1)C1CC1)C1CNC1. The zero-order valence-electron chi connectivity index (χ0n) is 11.4. The van der Waals surface area contributed by atoms with E-state index in [1.165, 1.54) is 6.07 Å². The van der Waals surface area contributed by atoms with Gasteiger partial charge in [0, 0.05) is 13.1 Å². The summed E-state index contributed by atoms with van der Waals surface area (Å²) in [4.78, 5) is 12.0. The number of rotatable bonds is 4. The summed E-state index contributed by atoms with van der Waals surface area (Å²) in [5.41, 5.74) is -0.113. The molecule has 0 spiro atoms. The number of alkyl halides is 3. The Bertz CT molecular complexity index is 536. The summed E-state index contributed by atoms with van der Waals surface area (Å²) in [5, 5.41) is 5.95. The molecule has 0 bridgehead atoms. The average molecular weight is 298 g/mol. The first-order valence-electron chi connectivity index (χ1n) is 7.13. The minimum absolute atomic E-state index is 0.0583. The van der Waals surface area contributed by atoms with Crippen molar-refractivity contribution >= 4 is 5.91 Å². The van der Waals surface area contributed by atoms with E-state index in [0.29, 0.717) is 18.7 Å². The van der Waals surface area contributed by atoms with Crippen molar-refractivity contribution in [2.45, 2.75) is 25.1 Å². The van der Waals surface area contributed by atoms with Crippen LogP contribution in [0.15, 0.2) is 24.3 Å². The van der Waals surface area contributed by atoms with Crippen molar-refractivity contribution in [3.63, 3.8) is 0 Å². The van der Waals surface area contributed by atoms with Gasteiger partial charge >= 0.3 is 6.18 Å². The summed E-state index contributed by atoms with van der Waals surface area (Å²) >= 11 is 0. The molecule has 1 aliphatic heterocycles. The van der Waals surface area contributed by atoms with E-state index in [4.69, 9.17) is 0 Å². The first kappa shape index (κ1) is 14.4. The maximum Gasteiger partial charge on any atom is 0.416 e. The number of amides is 1. The predicted molar refractivity (Wildman–Crippen MR) is 71.4 cm³/mol. The van der Waals surface area contributed by atoms with Gasteiger partial charge in [0.25, 0.3) is 0 Å². The van der Waals surface area contributed by atoms with Crippen molar-refractivity contribution in [1.29, 1.82) is 0 Å². The first-order valence-corrected chi connectivity index (χ1v) is 7.13. The van der Waals surface area contributed by atoms with E-state index in [9.17, 15) is 18.0 Å². The molecule has 2 aliphatic rings. The molecular formula is C15H17F3N2O. The lowest BCUT2D eigenvalue weighted by atomic mass is 9.97. The minimum atomic E-state index is -4.36. The Balaban J connectivity index is 1.79. The van der Waals surface area contributed by atoms with Crippen molar-refractivity contribution in [2.75, 3.05) is 13.1 Å². The van der Waals surface area contributed by atoms with Crippen molar-refractivity contribution in [2.24, 2.45) is 11.8 Å². The van der Waals surface area contributed by atoms with Crippen LogP contribution in [0.3, 0.4) is 0 Å². The van der Waals surface area contributed by atoms with Gasteiger partial charge in [-0.1, -0.05) is 12.1 Å². The number of carbonyl (C=O) groups is 1. The topological polar surface area (TPSA) is 41.1 Å². The summed E-state index contributed by atoms with van der Waals surface area (Å²) in [6, 6.07) is 4.98. The Hall–Kier alpha value is -1.56. The fourth-order valence-corrected chi connectivity index (χ4v) is 2.56. The molecule has 3 nitrogen and oxygen atoms in total. The number of hydrogen-bond donors (Lipinski definition) is 2. The molecule has 1 unspecified atom stereocenters. The van der Waals surface area contributed by atoms with Crippen LogP contribution in [0.2, 0.25) is 0 Å². The molecule has 1 saturated heterocycles. The lowest BCUT2D eigenvalue weighted by molar-refractivity contribution is -0.137. The van der Waals surface area contributed by atoms with Gasteiger partial charge in [-0.05, 0) is 36.5 Å². The van der Waals surface area contributed by atoms with Gasteiger partial charge in [-0.15, -0.1) is 0 Å². The van der Waals surface area contributed by atoms with Gasteiger partial charge in [-0.25, -0.2) is 0 Å². The predicted octanol–water partition coefficient (Wildman–Crippen LogP) is 2.49. The summed E-state index contributed by atoms with van der Waals surface area (Å²) in [7, 11) is 0. The smallest absolute Gasteiger partial charge is 0.349 e. The van der Waals surface area contributed by atoms with Gasteiger partial charge in [-0.2, -0.15) is 13.2 Å². The maximum absolute atomic E-state index is 12.8. The molecule has 1 atom stereocenters. The second-order valence-corrected chi connectivity index (χ2v) is 5.80. The molecule has 114 valence electrons. The largest absolute Gasteiger partial charge is 0.416 e. The zero-order valence-corrected chi connectivity index (χ0v) is 11.4. The van der Waals surface area contributed by atoms with Gasteiger partial charge in [0.2, 0.25) is 5.91 Å². The molecule has 6 heteroatoms. The van der Waals surface area contributed by atoms with Crippen LogP contribution in [0.25, 0.3) is 0 Å². The molecule has 1 amide bonds. The zero-order chi connectivity index (χ0) is 15.0. The molecule has 1 saturated carbocycles. The lowest BCUT2D eigenvalue weighted by Crippen LogP contribution is -2.51. The van der Waals surface area contributed by atoms with Crippen LogP contribution in [0.4, 0.5) is 13.2 Å². The number of benzene rings is 1. The molecule has 2 N–H and O–H groups in total. The van der Waals surface area contributed by atoms with Crippen LogP contribution >= 0.6 is 0 Å². The van der Waals surface area contributed by atoms with Crippen LogP contribution in [0.1, 0.15) is 30.0 Å². The van der Waals surface area contributed by atoms with E-state index >= 15 is 0 Å². The van der Waals surface area contributed by atoms with Crippen LogP contribution in [-0.2, 0) is 11.0 Å². The van der Waals surface area contributed by atoms with E-state index in [1.807, 2.05) is 0 Å². The van der Waals surface area contributed by atoms with E-state index in [1.54, 1.807) is 6.07 Å². The quantitative estimate of drug-likeness (QED) is 0.896. The standard InChI is InChI=1S/C15H17F3N2O/c16-15(17,18)12-3-1-2-10(6-12)13(9-4-5-9)20-14(21)11-7-19-8-11/h1-3,6,9,11,13,19H,4-5,7-8H2,(H,20,21). The van der Waals surface area contributed by atoms with E-state index in [-0.39, 0.29) is 23.8 Å². The van der Waals surface area contributed by atoms with Gasteiger partial charge in [0.05, 0.1) is 17.5 Å². The molecule has 1 aromatic carbocycles. The number of hydrogen-bond acceptors (Lipinski definition) is 2. The Morgan fingerprint density at radius 3 is 2.52 bits per heavy atom. The molecule has 1 aliphatic carbocycles. The van der Waals surface area contributed by atoms with Gasteiger partial charge in [0.1, 0.15) is 0 Å². The summed E-state index contributed by atoms with van der Waals surface area (Å²) in [6.07, 6.45) is -2.46. The summed E-state index contributed by atoms with van der Waals surface area (Å²) in [6.45, 7) is 1.29. The van der Waals surface area contributed by atoms with E-state index in [0.717, 1.165) is 25.0 Å². The van der Waals surface area contributed by atoms with Gasteiger partial charge in [-0.3, -0.25) is 4.79 Å². The third kappa shape index (κ3) is 3.20. The molecule has 1 aromatic rings. The highest BCUT2D eigenvalue weighted by molar-refractivity contribution is 5.80. The van der Waals surface area contributed by atoms with Crippen LogP contribution in [0, 0.1) is 11.8 Å². The Morgan fingerprint density at radius 2 is 2.00 bits per heavy atom. The second-order valence-electron chi connectivity index (χ2n) is 5.80. The molecule has 3 rings (SSSR count). The second kappa shape index (κ2) is 5.33. The Kier molecular flexibility index (Phi) is 3.65. The fraction of sp³-hybridized carbons (Fsp3) is 0.533. The summed E-state index contributed by atoms with van der Waals surface area (Å²) in [5.74, 6) is 0.130. The van der Waals surface area contributed by atoms with Crippen LogP contribution < -0.4 is 10.6 Å². The molecular weight excluding hydrogens is 281 g/mol. The first-order chi connectivity index (χ1) is 9.95. The third-order valence-electron chi connectivity index (χ3n) is 4.12. The van der Waals surface area contributed by atoms with E-state index in [2.05, 4.69) is 10.6 Å². The van der Waals surface area contributed by atoms with Crippen molar-refractivity contribution in [1.82, 2.24) is 10.6 Å². The lowest BCUT2D eigenvalue weighted by Gasteiger charge is -2.29. The summed E-state index contributed by atoms with van der Waals surface area (Å²) < 4.78 is 38.4. The van der Waals surface area contributed by atoms with Crippen molar-refractivity contribution in [3.05, 3.63) is 35.4 Å². The Morgan fingerprint density at radius 1 is 1.29 bits per heavy atom. The molecule has 2 fully saturated rings. The van der Waals surface area contributed by atoms with Gasteiger partial charge in [0.15, 0.2) is 0 Å². The number of nitrogens with one attached hydrogen (secondary N) is 2. The highest BCUT2D eigenvalue weighted by Gasteiger charge is 2.37. The molecule has 1 heterocycles. The number of carbonyl (C=O) groups excluding carboxylic acids is 1. The van der Waals surface area contributed by atoms with Crippen molar-refractivity contribution < 1.29 is 18.0 Å². The third-order valence-corrected chi connectivity index (χ3v) is 4.12. The average Bonchev–Trinajstić information content (AvgIpc) is 3.17. The van der Waals surface area contributed by atoms with Crippen LogP contribution in [0.5, 0.6) is 0 Å². The van der Waals surface area contributed by atoms with Crippen LogP contribution in [-0.4, -0.2) is 19.0 Å². The Labute approximate surface area is 120 Å². The highest BCUT2D eigenvalue weighted by Crippen LogP contribution is 2.42. The number of halogens is 3. The van der Waals surface area contributed by atoms with E-state index < -0.39 is 11.7 Å². The highest BCUT2D eigenvalue weighted by atomic mass is 19.4. The van der Waals surface area contributed by atoms with Gasteiger partial charge < -0.3 is 10.6 Å². The normalized spacial score (nSPS) is 20.7. The van der Waals surface area contributed by atoms with Crippen molar-refractivity contribution in [3.8, 4) is 0 Å². The maximum atomic E-state index is 12.8. The monoisotopic (exact) mass is 298 g/mol. The molecule has 0 aromatic heterocycles. The molecule has 0 radical (unpaired) electrons. The minimum Gasteiger partial charge on any atom is -0.349 e. The fourth-order valence-electron chi connectivity index (χ4n) is 2.56.